The van der Waals surface area contributed by atoms with Gasteiger partial charge in [0.05, 0.1) is 13.2 Å². The van der Waals surface area contributed by atoms with Gasteiger partial charge >= 0.3 is 0 Å². The van der Waals surface area contributed by atoms with Gasteiger partial charge in [-0.05, 0) is 112 Å². The predicted octanol–water partition coefficient (Wildman–Crippen LogP) is 14.5. The van der Waals surface area contributed by atoms with E-state index < -0.39 is 0 Å². The monoisotopic (exact) mass is 788 g/mol. The standard InChI is InChI=1S/C56H52O4/c1-6-15-40(34-59-51-30-26-38(7-2)32-49(51)45-20-13-22-47(55(45)57)53-36(4)24-28-41-16-9-11-18-43(41)53)35-60-52-31-27-39(8-3)33-50(52)46-21-14-23-48(56(46)58)54-37(5)25-29-42-17-10-12-19-44(42)54/h6,9-14,16-33,40,57-58H,1,7-8,15,34-35H2,2-5H3. The Morgan fingerprint density at radius 3 is 1.37 bits per heavy atom. The van der Waals surface area contributed by atoms with Crippen LogP contribution in [0.4, 0.5) is 0 Å². The Kier molecular flexibility index (Phi) is 11.7. The summed E-state index contributed by atoms with van der Waals surface area (Å²) in [4.78, 5) is 0. The number of hydrogen-bond acceptors (Lipinski definition) is 4. The molecular formula is C56H52O4. The molecule has 4 heteroatoms. The topological polar surface area (TPSA) is 58.9 Å². The zero-order valence-corrected chi connectivity index (χ0v) is 35.0. The average molecular weight is 789 g/mol. The number of ether oxygens (including phenoxy) is 2. The second-order valence-electron chi connectivity index (χ2n) is 15.7. The van der Waals surface area contributed by atoms with Gasteiger partial charge in [-0.1, -0.05) is 141 Å². The molecule has 60 heavy (non-hydrogen) atoms. The average Bonchev–Trinajstić information content (AvgIpc) is 3.28. The molecular weight excluding hydrogens is 737 g/mol. The predicted molar refractivity (Wildman–Crippen MR) is 250 cm³/mol. The lowest BCUT2D eigenvalue weighted by Crippen LogP contribution is -2.20. The molecule has 0 fully saturated rings. The van der Waals surface area contributed by atoms with Crippen LogP contribution >= 0.6 is 0 Å². The van der Waals surface area contributed by atoms with Crippen LogP contribution in [0.1, 0.15) is 42.5 Å². The Morgan fingerprint density at radius 1 is 0.500 bits per heavy atom. The minimum Gasteiger partial charge on any atom is -0.507 e. The number of allylic oxidation sites excluding steroid dienone is 1. The fourth-order valence-corrected chi connectivity index (χ4v) is 8.50. The normalized spacial score (nSPS) is 11.3. The molecule has 0 aliphatic heterocycles. The van der Waals surface area contributed by atoms with Crippen molar-refractivity contribution in [3.63, 3.8) is 0 Å². The summed E-state index contributed by atoms with van der Waals surface area (Å²) in [6, 6.07) is 49.6. The lowest BCUT2D eigenvalue weighted by molar-refractivity contribution is 0.179. The second-order valence-corrected chi connectivity index (χ2v) is 15.7. The van der Waals surface area contributed by atoms with Gasteiger partial charge in [0, 0.05) is 39.3 Å². The first kappa shape index (κ1) is 40.0. The molecule has 8 aromatic rings. The van der Waals surface area contributed by atoms with Crippen LogP contribution < -0.4 is 9.47 Å². The summed E-state index contributed by atoms with van der Waals surface area (Å²) < 4.78 is 13.4. The maximum Gasteiger partial charge on any atom is 0.131 e. The number of aryl methyl sites for hydroxylation is 4. The Labute approximate surface area is 354 Å². The molecule has 0 aliphatic carbocycles. The summed E-state index contributed by atoms with van der Waals surface area (Å²) in [6.07, 6.45) is 4.28. The van der Waals surface area contributed by atoms with E-state index in [1.165, 1.54) is 0 Å². The number of phenols is 2. The van der Waals surface area contributed by atoms with Gasteiger partial charge in [0.25, 0.3) is 0 Å². The molecule has 0 heterocycles. The molecule has 8 aromatic carbocycles. The third kappa shape index (κ3) is 7.86. The summed E-state index contributed by atoms with van der Waals surface area (Å²) in [5.41, 5.74) is 11.3. The van der Waals surface area contributed by atoms with E-state index in [2.05, 4.69) is 107 Å². The van der Waals surface area contributed by atoms with Gasteiger partial charge < -0.3 is 19.7 Å². The van der Waals surface area contributed by atoms with Crippen LogP contribution in [-0.2, 0) is 12.8 Å². The van der Waals surface area contributed by atoms with Gasteiger partial charge in [0.2, 0.25) is 0 Å². The third-order valence-corrected chi connectivity index (χ3v) is 11.8. The van der Waals surface area contributed by atoms with E-state index in [-0.39, 0.29) is 17.4 Å². The molecule has 300 valence electrons. The minimum absolute atomic E-state index is 0.0311. The number of hydrogen-bond donors (Lipinski definition) is 2. The zero-order valence-electron chi connectivity index (χ0n) is 35.0. The smallest absolute Gasteiger partial charge is 0.131 e. The van der Waals surface area contributed by atoms with Crippen molar-refractivity contribution in [2.45, 2.75) is 47.0 Å². The first-order valence-corrected chi connectivity index (χ1v) is 21.0. The molecule has 0 bridgehead atoms. The molecule has 0 saturated carbocycles. The van der Waals surface area contributed by atoms with Crippen LogP contribution in [0.15, 0.2) is 158 Å². The Hall–Kier alpha value is -6.78. The first-order chi connectivity index (χ1) is 29.3. The van der Waals surface area contributed by atoms with Gasteiger partial charge in [-0.25, -0.2) is 0 Å². The van der Waals surface area contributed by atoms with E-state index in [1.807, 2.05) is 78.9 Å². The third-order valence-electron chi connectivity index (χ3n) is 11.8. The number of benzene rings is 8. The molecule has 0 radical (unpaired) electrons. The molecule has 4 nitrogen and oxygen atoms in total. The van der Waals surface area contributed by atoms with Crippen molar-refractivity contribution in [3.05, 3.63) is 181 Å². The van der Waals surface area contributed by atoms with E-state index >= 15 is 0 Å². The number of rotatable bonds is 14. The van der Waals surface area contributed by atoms with E-state index in [0.29, 0.717) is 31.1 Å². The van der Waals surface area contributed by atoms with E-state index in [4.69, 9.17) is 9.47 Å². The van der Waals surface area contributed by atoms with Crippen molar-refractivity contribution in [2.24, 2.45) is 5.92 Å². The van der Waals surface area contributed by atoms with Gasteiger partial charge in [0.15, 0.2) is 0 Å². The molecule has 0 amide bonds. The molecule has 8 rings (SSSR count). The number of aromatic hydroxyl groups is 2. The molecule has 2 N–H and O–H groups in total. The van der Waals surface area contributed by atoms with Crippen LogP contribution in [0.5, 0.6) is 23.0 Å². The summed E-state index contributed by atoms with van der Waals surface area (Å²) in [5.74, 6) is 1.82. The molecule has 0 aliphatic rings. The van der Waals surface area contributed by atoms with Crippen LogP contribution in [0.25, 0.3) is 66.1 Å². The van der Waals surface area contributed by atoms with Crippen molar-refractivity contribution in [1.29, 1.82) is 0 Å². The molecule has 0 aromatic heterocycles. The SMILES string of the molecule is C=CCC(COc1ccc(CC)cc1-c1cccc(-c2c(C)ccc3ccccc23)c1O)COc1ccc(CC)cc1-c1cccc(-c2c(C)ccc3ccccc23)c1O. The van der Waals surface area contributed by atoms with Crippen molar-refractivity contribution in [2.75, 3.05) is 13.2 Å². The van der Waals surface area contributed by atoms with Gasteiger partial charge in [-0.3, -0.25) is 0 Å². The highest BCUT2D eigenvalue weighted by Gasteiger charge is 2.21. The highest BCUT2D eigenvalue weighted by Crippen LogP contribution is 2.46. The van der Waals surface area contributed by atoms with Crippen molar-refractivity contribution in [1.82, 2.24) is 0 Å². The van der Waals surface area contributed by atoms with Crippen LogP contribution in [-0.4, -0.2) is 23.4 Å². The summed E-state index contributed by atoms with van der Waals surface area (Å²) in [5, 5.41) is 28.6. The van der Waals surface area contributed by atoms with Gasteiger partial charge in [-0.15, -0.1) is 6.58 Å². The van der Waals surface area contributed by atoms with Crippen LogP contribution in [0, 0.1) is 19.8 Å². The van der Waals surface area contributed by atoms with Crippen molar-refractivity contribution < 1.29 is 19.7 Å². The maximum absolute atomic E-state index is 12.1. The van der Waals surface area contributed by atoms with Gasteiger partial charge in [0.1, 0.15) is 23.0 Å². The molecule has 0 spiro atoms. The summed E-state index contributed by atoms with van der Waals surface area (Å²) >= 11 is 0. The maximum atomic E-state index is 12.1. The molecule has 0 unspecified atom stereocenters. The quantitative estimate of drug-likeness (QED) is 0.108. The Morgan fingerprint density at radius 2 is 0.933 bits per heavy atom. The Balaban J connectivity index is 1.09. The van der Waals surface area contributed by atoms with E-state index in [0.717, 1.165) is 101 Å². The summed E-state index contributed by atoms with van der Waals surface area (Å²) in [7, 11) is 0. The van der Waals surface area contributed by atoms with E-state index in [9.17, 15) is 10.2 Å². The fourth-order valence-electron chi connectivity index (χ4n) is 8.50. The highest BCUT2D eigenvalue weighted by molar-refractivity contribution is 6.02. The molecule has 0 saturated heterocycles. The van der Waals surface area contributed by atoms with Crippen LogP contribution in [0.3, 0.4) is 0 Å². The van der Waals surface area contributed by atoms with Crippen molar-refractivity contribution >= 4 is 21.5 Å². The fraction of sp³-hybridized carbons (Fsp3) is 0.179. The number of phenolic OH excluding ortho intramolecular Hbond substituents is 2. The summed E-state index contributed by atoms with van der Waals surface area (Å²) in [6.45, 7) is 13.3. The Bertz CT molecular complexity index is 2660. The number of fused-ring (bicyclic) bond motifs is 2. The molecule has 0 atom stereocenters. The number of para-hydroxylation sites is 2. The second kappa shape index (κ2) is 17.6. The lowest BCUT2D eigenvalue weighted by atomic mass is 9.90. The largest absolute Gasteiger partial charge is 0.507 e. The van der Waals surface area contributed by atoms with Gasteiger partial charge in [-0.2, -0.15) is 0 Å². The zero-order chi connectivity index (χ0) is 41.8. The van der Waals surface area contributed by atoms with Crippen LogP contribution in [0.2, 0.25) is 0 Å². The first-order valence-electron chi connectivity index (χ1n) is 21.0. The van der Waals surface area contributed by atoms with Crippen molar-refractivity contribution in [3.8, 4) is 67.5 Å². The van der Waals surface area contributed by atoms with E-state index in [1.54, 1.807) is 0 Å². The lowest BCUT2D eigenvalue weighted by Gasteiger charge is -2.22. The highest BCUT2D eigenvalue weighted by atomic mass is 16.5. The minimum atomic E-state index is -0.0311.